The van der Waals surface area contributed by atoms with Crippen LogP contribution in [-0.2, 0) is 0 Å². The van der Waals surface area contributed by atoms with Gasteiger partial charge in [-0.3, -0.25) is 4.98 Å². The van der Waals surface area contributed by atoms with E-state index in [0.29, 0.717) is 16.4 Å². The number of aromatic amines is 1. The summed E-state index contributed by atoms with van der Waals surface area (Å²) in [5, 5.41) is 16.3. The van der Waals surface area contributed by atoms with Crippen molar-refractivity contribution in [3.05, 3.63) is 89.8 Å². The van der Waals surface area contributed by atoms with E-state index in [9.17, 15) is 0 Å². The predicted octanol–water partition coefficient (Wildman–Crippen LogP) is 4.33. The SMILES string of the molecule is S=c1[nH]nc(-c2ccco2)n1/N=C\c1cn(-c2ccccc2)nc1-c1cccnc1. The largest absolute Gasteiger partial charge is 0.461 e. The molecule has 8 nitrogen and oxygen atoms in total. The van der Waals surface area contributed by atoms with Crippen LogP contribution in [0.3, 0.4) is 0 Å². The number of aromatic nitrogens is 6. The Hall–Kier alpha value is -4.11. The van der Waals surface area contributed by atoms with E-state index in [1.54, 1.807) is 37.0 Å². The monoisotopic (exact) mass is 413 g/mol. The highest BCUT2D eigenvalue weighted by atomic mass is 32.1. The Labute approximate surface area is 176 Å². The molecule has 5 aromatic rings. The second-order valence-corrected chi connectivity index (χ2v) is 6.73. The number of pyridine rings is 1. The Morgan fingerprint density at radius 3 is 2.73 bits per heavy atom. The molecule has 0 atom stereocenters. The number of nitrogens with one attached hydrogen (secondary N) is 1. The Bertz CT molecular complexity index is 1350. The summed E-state index contributed by atoms with van der Waals surface area (Å²) >= 11 is 5.33. The van der Waals surface area contributed by atoms with E-state index in [1.807, 2.05) is 53.3 Å². The van der Waals surface area contributed by atoms with Gasteiger partial charge in [-0.2, -0.15) is 14.9 Å². The van der Waals surface area contributed by atoms with Crippen LogP contribution >= 0.6 is 12.2 Å². The average molecular weight is 413 g/mol. The molecule has 0 fully saturated rings. The first-order valence-corrected chi connectivity index (χ1v) is 9.51. The maximum atomic E-state index is 5.43. The normalized spacial score (nSPS) is 11.3. The number of H-pyrrole nitrogens is 1. The molecule has 0 spiro atoms. The Morgan fingerprint density at radius 1 is 1.07 bits per heavy atom. The zero-order valence-electron chi connectivity index (χ0n) is 15.6. The van der Waals surface area contributed by atoms with Crippen molar-refractivity contribution in [3.63, 3.8) is 0 Å². The Kier molecular flexibility index (Phi) is 4.62. The molecule has 0 unspecified atom stereocenters. The molecule has 0 aliphatic heterocycles. The molecule has 5 rings (SSSR count). The molecule has 9 heteroatoms. The molecule has 146 valence electrons. The van der Waals surface area contributed by atoms with Crippen LogP contribution in [0, 0.1) is 4.77 Å². The molecule has 0 aliphatic carbocycles. The fourth-order valence-corrected chi connectivity index (χ4v) is 3.19. The summed E-state index contributed by atoms with van der Waals surface area (Å²) in [5.41, 5.74) is 3.39. The van der Waals surface area contributed by atoms with Crippen molar-refractivity contribution in [2.75, 3.05) is 0 Å². The van der Waals surface area contributed by atoms with Crippen molar-refractivity contribution in [2.45, 2.75) is 0 Å². The summed E-state index contributed by atoms with van der Waals surface area (Å²) in [6.45, 7) is 0. The van der Waals surface area contributed by atoms with Gasteiger partial charge in [-0.25, -0.2) is 9.78 Å². The number of rotatable bonds is 5. The van der Waals surface area contributed by atoms with Gasteiger partial charge in [-0.05, 0) is 48.6 Å². The first-order chi connectivity index (χ1) is 14.8. The third kappa shape index (κ3) is 3.38. The highest BCUT2D eigenvalue weighted by Gasteiger charge is 2.13. The van der Waals surface area contributed by atoms with Crippen LogP contribution in [0.1, 0.15) is 5.56 Å². The Balaban J connectivity index is 1.60. The van der Waals surface area contributed by atoms with Gasteiger partial charge in [0.2, 0.25) is 10.6 Å². The quantitative estimate of drug-likeness (QED) is 0.342. The van der Waals surface area contributed by atoms with E-state index in [0.717, 1.165) is 22.5 Å². The maximum absolute atomic E-state index is 5.43. The topological polar surface area (TPSA) is 89.8 Å². The maximum Gasteiger partial charge on any atom is 0.219 e. The van der Waals surface area contributed by atoms with Crippen molar-refractivity contribution in [1.82, 2.24) is 29.6 Å². The highest BCUT2D eigenvalue weighted by molar-refractivity contribution is 7.71. The van der Waals surface area contributed by atoms with Gasteiger partial charge in [0.25, 0.3) is 0 Å². The summed E-state index contributed by atoms with van der Waals surface area (Å²) < 4.78 is 9.12. The fourth-order valence-electron chi connectivity index (χ4n) is 3.01. The molecule has 4 aromatic heterocycles. The van der Waals surface area contributed by atoms with Crippen molar-refractivity contribution in [2.24, 2.45) is 5.10 Å². The third-order valence-electron chi connectivity index (χ3n) is 4.40. The molecule has 4 heterocycles. The minimum Gasteiger partial charge on any atom is -0.461 e. The first-order valence-electron chi connectivity index (χ1n) is 9.11. The summed E-state index contributed by atoms with van der Waals surface area (Å²) in [4.78, 5) is 4.21. The van der Waals surface area contributed by atoms with Gasteiger partial charge in [0.1, 0.15) is 5.69 Å². The lowest BCUT2D eigenvalue weighted by Crippen LogP contribution is -1.94. The fraction of sp³-hybridized carbons (Fsp3) is 0. The van der Waals surface area contributed by atoms with E-state index < -0.39 is 0 Å². The van der Waals surface area contributed by atoms with Crippen molar-refractivity contribution in [1.29, 1.82) is 0 Å². The van der Waals surface area contributed by atoms with Crippen LogP contribution in [0.15, 0.2) is 89.0 Å². The van der Waals surface area contributed by atoms with E-state index >= 15 is 0 Å². The van der Waals surface area contributed by atoms with E-state index in [-0.39, 0.29) is 0 Å². The first kappa shape index (κ1) is 18.0. The predicted molar refractivity (Wildman–Crippen MR) is 115 cm³/mol. The molecule has 1 N–H and O–H groups in total. The van der Waals surface area contributed by atoms with Crippen LogP contribution in [0.2, 0.25) is 0 Å². The van der Waals surface area contributed by atoms with Crippen LogP contribution in [-0.4, -0.2) is 35.9 Å². The number of hydrogen-bond acceptors (Lipinski definition) is 6. The Morgan fingerprint density at radius 2 is 1.97 bits per heavy atom. The summed E-state index contributed by atoms with van der Waals surface area (Å²) in [6, 6.07) is 17.3. The number of hydrogen-bond donors (Lipinski definition) is 1. The van der Waals surface area contributed by atoms with Crippen LogP contribution < -0.4 is 0 Å². The summed E-state index contributed by atoms with van der Waals surface area (Å²) in [7, 11) is 0. The van der Waals surface area contributed by atoms with Gasteiger partial charge < -0.3 is 4.42 Å². The van der Waals surface area contributed by atoms with Crippen LogP contribution in [0.5, 0.6) is 0 Å². The number of nitrogens with zero attached hydrogens (tertiary/aromatic N) is 6. The van der Waals surface area contributed by atoms with E-state index in [2.05, 4.69) is 20.3 Å². The van der Waals surface area contributed by atoms with Gasteiger partial charge in [0.15, 0.2) is 5.76 Å². The smallest absolute Gasteiger partial charge is 0.219 e. The lowest BCUT2D eigenvalue weighted by molar-refractivity contribution is 0.573. The van der Waals surface area contributed by atoms with Gasteiger partial charge in [-0.1, -0.05) is 18.2 Å². The highest BCUT2D eigenvalue weighted by Crippen LogP contribution is 2.22. The van der Waals surface area contributed by atoms with Crippen molar-refractivity contribution < 1.29 is 4.42 Å². The molecule has 0 bridgehead atoms. The number of benzene rings is 1. The zero-order chi connectivity index (χ0) is 20.3. The van der Waals surface area contributed by atoms with E-state index in [4.69, 9.17) is 21.7 Å². The molecule has 0 amide bonds. The van der Waals surface area contributed by atoms with E-state index in [1.165, 1.54) is 4.68 Å². The lowest BCUT2D eigenvalue weighted by atomic mass is 10.1. The standard InChI is InChI=1S/C21H15N7OS/c30-21-25-24-20(18-9-5-11-29-18)28(21)23-13-16-14-27(17-7-2-1-3-8-17)26-19(16)15-6-4-10-22-12-15/h1-14H,(H,25,30)/b23-13-. The summed E-state index contributed by atoms with van der Waals surface area (Å²) in [5.74, 6) is 1.05. The average Bonchev–Trinajstić information content (AvgIpc) is 3.54. The molecule has 0 radical (unpaired) electrons. The molecule has 30 heavy (non-hydrogen) atoms. The zero-order valence-corrected chi connectivity index (χ0v) is 16.4. The van der Waals surface area contributed by atoms with Gasteiger partial charge in [-0.15, -0.1) is 5.10 Å². The van der Waals surface area contributed by atoms with Crippen LogP contribution in [0.4, 0.5) is 0 Å². The minimum atomic E-state index is 0.357. The molecule has 0 saturated carbocycles. The molecule has 0 saturated heterocycles. The number of para-hydroxylation sites is 1. The summed E-state index contributed by atoms with van der Waals surface area (Å²) in [6.07, 6.45) is 8.69. The van der Waals surface area contributed by atoms with Crippen molar-refractivity contribution >= 4 is 18.4 Å². The van der Waals surface area contributed by atoms with Gasteiger partial charge in [0.05, 0.1) is 18.2 Å². The van der Waals surface area contributed by atoms with Gasteiger partial charge >= 0.3 is 0 Å². The molecule has 1 aromatic carbocycles. The van der Waals surface area contributed by atoms with Crippen LogP contribution in [0.25, 0.3) is 28.5 Å². The minimum absolute atomic E-state index is 0.357. The second-order valence-electron chi connectivity index (χ2n) is 6.34. The molecular weight excluding hydrogens is 398 g/mol. The lowest BCUT2D eigenvalue weighted by Gasteiger charge is -2.00. The molecular formula is C21H15N7OS. The molecule has 0 aliphatic rings. The third-order valence-corrected chi connectivity index (χ3v) is 4.67. The van der Waals surface area contributed by atoms with Crippen molar-refractivity contribution in [3.8, 4) is 28.5 Å². The van der Waals surface area contributed by atoms with Gasteiger partial charge in [0, 0.05) is 29.7 Å². The number of furan rings is 1. The second kappa shape index (κ2) is 7.72.